The molecular weight excluding hydrogens is 288 g/mol. The lowest BCUT2D eigenvalue weighted by atomic mass is 9.94. The molecule has 0 aromatic rings. The molecule has 5 nitrogen and oxygen atoms in total. The zero-order chi connectivity index (χ0) is 13.9. The molecule has 112 valence electrons. The lowest BCUT2D eigenvalue weighted by Gasteiger charge is -2.39. The van der Waals surface area contributed by atoms with Gasteiger partial charge in [-0.3, -0.25) is 0 Å². The maximum absolute atomic E-state index is 12.5. The van der Waals surface area contributed by atoms with Crippen molar-refractivity contribution in [3.63, 3.8) is 0 Å². The van der Waals surface area contributed by atoms with Crippen LogP contribution in [0.25, 0.3) is 0 Å². The van der Waals surface area contributed by atoms with Gasteiger partial charge in [-0.2, -0.15) is 17.4 Å². The van der Waals surface area contributed by atoms with Gasteiger partial charge in [-0.25, -0.2) is 0 Å². The van der Waals surface area contributed by atoms with E-state index in [4.69, 9.17) is 16.3 Å². The van der Waals surface area contributed by atoms with Crippen molar-refractivity contribution in [1.29, 1.82) is 0 Å². The van der Waals surface area contributed by atoms with Crippen LogP contribution in [0.1, 0.15) is 32.6 Å². The first-order chi connectivity index (χ1) is 8.97. The van der Waals surface area contributed by atoms with Crippen LogP contribution in [0.4, 0.5) is 0 Å². The monoisotopic (exact) mass is 310 g/mol. The Labute approximate surface area is 120 Å². The molecule has 2 saturated heterocycles. The van der Waals surface area contributed by atoms with Crippen molar-refractivity contribution < 1.29 is 13.2 Å². The fraction of sp³-hybridized carbons (Fsp3) is 1.00. The lowest BCUT2D eigenvalue weighted by molar-refractivity contribution is 0.0541. The molecule has 0 saturated carbocycles. The summed E-state index contributed by atoms with van der Waals surface area (Å²) in [5.41, 5.74) is -0.542. The second-order valence-corrected chi connectivity index (χ2v) is 7.68. The molecule has 7 heteroatoms. The number of hydrogen-bond donors (Lipinski definition) is 1. The van der Waals surface area contributed by atoms with Crippen LogP contribution in [0, 0.1) is 5.92 Å². The summed E-state index contributed by atoms with van der Waals surface area (Å²) >= 11 is 6.01. The van der Waals surface area contributed by atoms with E-state index in [-0.39, 0.29) is 0 Å². The first-order valence-corrected chi connectivity index (χ1v) is 8.88. The van der Waals surface area contributed by atoms with Gasteiger partial charge >= 0.3 is 0 Å². The van der Waals surface area contributed by atoms with Gasteiger partial charge < -0.3 is 4.74 Å². The van der Waals surface area contributed by atoms with Crippen LogP contribution in [0.2, 0.25) is 0 Å². The minimum absolute atomic E-state index is 0.291. The zero-order valence-corrected chi connectivity index (χ0v) is 13.0. The van der Waals surface area contributed by atoms with Gasteiger partial charge in [-0.1, -0.05) is 6.92 Å². The van der Waals surface area contributed by atoms with Gasteiger partial charge in [0.25, 0.3) is 10.2 Å². The Kier molecular flexibility index (Phi) is 5.11. The Morgan fingerprint density at radius 2 is 2.11 bits per heavy atom. The quantitative estimate of drug-likeness (QED) is 0.797. The number of alkyl halides is 1. The molecular formula is C12H23ClN2O3S. The number of ether oxygens (including phenoxy) is 1. The third kappa shape index (κ3) is 3.82. The van der Waals surface area contributed by atoms with Crippen molar-refractivity contribution in [2.24, 2.45) is 5.92 Å². The molecule has 2 rings (SSSR count). The highest BCUT2D eigenvalue weighted by Crippen LogP contribution is 2.25. The van der Waals surface area contributed by atoms with E-state index in [1.165, 1.54) is 0 Å². The van der Waals surface area contributed by atoms with E-state index in [1.54, 1.807) is 4.31 Å². The Balaban J connectivity index is 2.06. The third-order valence-corrected chi connectivity index (χ3v) is 6.22. The van der Waals surface area contributed by atoms with E-state index in [2.05, 4.69) is 11.6 Å². The average molecular weight is 311 g/mol. The van der Waals surface area contributed by atoms with Gasteiger partial charge in [0.1, 0.15) is 0 Å². The van der Waals surface area contributed by atoms with Crippen molar-refractivity contribution in [3.05, 3.63) is 0 Å². The molecule has 0 aromatic heterocycles. The number of nitrogens with zero attached hydrogens (tertiary/aromatic N) is 1. The normalized spacial score (nSPS) is 29.3. The Bertz CT molecular complexity index is 396. The highest BCUT2D eigenvalue weighted by Gasteiger charge is 2.38. The summed E-state index contributed by atoms with van der Waals surface area (Å²) in [4.78, 5) is 0. The van der Waals surface area contributed by atoms with Crippen molar-refractivity contribution in [3.8, 4) is 0 Å². The summed E-state index contributed by atoms with van der Waals surface area (Å²) in [5.74, 6) is 0.714. The predicted molar refractivity (Wildman–Crippen MR) is 75.5 cm³/mol. The molecule has 2 aliphatic heterocycles. The first kappa shape index (κ1) is 15.5. The molecule has 1 N–H and O–H groups in total. The summed E-state index contributed by atoms with van der Waals surface area (Å²) in [6, 6.07) is 0. The second kappa shape index (κ2) is 6.26. The summed E-state index contributed by atoms with van der Waals surface area (Å²) in [6.07, 6.45) is 3.30. The van der Waals surface area contributed by atoms with Gasteiger partial charge in [0.05, 0.1) is 5.54 Å². The second-order valence-electron chi connectivity index (χ2n) is 5.74. The van der Waals surface area contributed by atoms with E-state index in [9.17, 15) is 8.42 Å². The van der Waals surface area contributed by atoms with Crippen LogP contribution >= 0.6 is 11.6 Å². The molecule has 0 aliphatic carbocycles. The average Bonchev–Trinajstić information content (AvgIpc) is 2.39. The van der Waals surface area contributed by atoms with E-state index < -0.39 is 15.7 Å². The summed E-state index contributed by atoms with van der Waals surface area (Å²) in [6.45, 7) is 4.42. The lowest BCUT2D eigenvalue weighted by Crippen LogP contribution is -2.58. The molecule has 0 bridgehead atoms. The summed E-state index contributed by atoms with van der Waals surface area (Å²) < 4.78 is 34.6. The third-order valence-electron chi connectivity index (χ3n) is 4.01. The topological polar surface area (TPSA) is 58.6 Å². The molecule has 19 heavy (non-hydrogen) atoms. The van der Waals surface area contributed by atoms with Crippen molar-refractivity contribution in [2.75, 3.05) is 32.2 Å². The highest BCUT2D eigenvalue weighted by atomic mass is 35.5. The molecule has 1 unspecified atom stereocenters. The molecule has 2 aliphatic rings. The van der Waals surface area contributed by atoms with Gasteiger partial charge in [-0.05, 0) is 31.6 Å². The van der Waals surface area contributed by atoms with Crippen LogP contribution in [0.5, 0.6) is 0 Å². The maximum atomic E-state index is 12.5. The van der Waals surface area contributed by atoms with E-state index in [0.29, 0.717) is 50.9 Å². The minimum atomic E-state index is -3.44. The van der Waals surface area contributed by atoms with E-state index in [0.717, 1.165) is 12.8 Å². The maximum Gasteiger partial charge on any atom is 0.280 e. The number of halogens is 1. The minimum Gasteiger partial charge on any atom is -0.381 e. The number of hydrogen-bond acceptors (Lipinski definition) is 3. The van der Waals surface area contributed by atoms with Crippen LogP contribution in [-0.2, 0) is 14.9 Å². The van der Waals surface area contributed by atoms with Gasteiger partial charge in [0.15, 0.2) is 0 Å². The van der Waals surface area contributed by atoms with Crippen LogP contribution in [-0.4, -0.2) is 50.4 Å². The van der Waals surface area contributed by atoms with Crippen LogP contribution < -0.4 is 4.72 Å². The van der Waals surface area contributed by atoms with Crippen molar-refractivity contribution in [2.45, 2.75) is 38.1 Å². The standard InChI is InChI=1S/C12H23ClN2O3S/c1-11-3-2-6-15(9-11)19(16,17)14-12(10-13)4-7-18-8-5-12/h11,14H,2-10H2,1H3. The van der Waals surface area contributed by atoms with E-state index in [1.807, 2.05) is 0 Å². The first-order valence-electron chi connectivity index (χ1n) is 6.90. The van der Waals surface area contributed by atoms with Crippen molar-refractivity contribution in [1.82, 2.24) is 9.03 Å². The fourth-order valence-electron chi connectivity index (χ4n) is 2.73. The molecule has 0 radical (unpaired) electrons. The largest absolute Gasteiger partial charge is 0.381 e. The molecule has 0 aromatic carbocycles. The fourth-order valence-corrected chi connectivity index (χ4v) is 4.91. The Morgan fingerprint density at radius 3 is 2.68 bits per heavy atom. The van der Waals surface area contributed by atoms with Crippen LogP contribution in [0.3, 0.4) is 0 Å². The predicted octanol–water partition coefficient (Wildman–Crippen LogP) is 1.34. The Hall–Kier alpha value is 0.120. The molecule has 2 fully saturated rings. The molecule has 0 spiro atoms. The summed E-state index contributed by atoms with van der Waals surface area (Å²) in [5, 5.41) is 0. The highest BCUT2D eigenvalue weighted by molar-refractivity contribution is 7.87. The number of rotatable bonds is 4. The van der Waals surface area contributed by atoms with Gasteiger partial charge in [0.2, 0.25) is 0 Å². The van der Waals surface area contributed by atoms with Crippen LogP contribution in [0.15, 0.2) is 0 Å². The Morgan fingerprint density at radius 1 is 1.42 bits per heavy atom. The van der Waals surface area contributed by atoms with Gasteiger partial charge in [0, 0.05) is 32.2 Å². The molecule has 2 heterocycles. The van der Waals surface area contributed by atoms with E-state index >= 15 is 0 Å². The summed E-state index contributed by atoms with van der Waals surface area (Å²) in [7, 11) is -3.44. The number of piperidine rings is 1. The van der Waals surface area contributed by atoms with Gasteiger partial charge in [-0.15, -0.1) is 11.6 Å². The number of nitrogens with one attached hydrogen (secondary N) is 1. The molecule has 1 atom stereocenters. The zero-order valence-electron chi connectivity index (χ0n) is 11.4. The smallest absolute Gasteiger partial charge is 0.280 e. The molecule has 0 amide bonds. The van der Waals surface area contributed by atoms with Crippen molar-refractivity contribution >= 4 is 21.8 Å². The SMILES string of the molecule is CC1CCCN(S(=O)(=O)NC2(CCl)CCOCC2)C1.